The molecule has 2 aromatic rings. The average Bonchev–Trinajstić information content (AvgIpc) is 3.40. The highest BCUT2D eigenvalue weighted by molar-refractivity contribution is 7.98. The van der Waals surface area contributed by atoms with Crippen molar-refractivity contribution in [3.05, 3.63) is 36.0 Å². The van der Waals surface area contributed by atoms with Crippen LogP contribution in [0.15, 0.2) is 35.6 Å². The molecule has 0 aliphatic carbocycles. The molecule has 4 fully saturated rings. The third kappa shape index (κ3) is 2.52. The van der Waals surface area contributed by atoms with Crippen LogP contribution in [0.1, 0.15) is 24.3 Å². The molecule has 0 spiro atoms. The van der Waals surface area contributed by atoms with E-state index < -0.39 is 0 Å². The van der Waals surface area contributed by atoms with Crippen LogP contribution in [0.25, 0.3) is 0 Å². The maximum atomic E-state index is 5.67. The number of fused-ring (bicyclic) bond motifs is 3. The second-order valence-corrected chi connectivity index (χ2v) is 8.90. The van der Waals surface area contributed by atoms with Gasteiger partial charge in [0.15, 0.2) is 16.7 Å². The Hall–Kier alpha value is -1.99. The van der Waals surface area contributed by atoms with Crippen molar-refractivity contribution < 1.29 is 9.47 Å². The zero-order valence-electron chi connectivity index (χ0n) is 16.0. The molecule has 146 valence electrons. The Bertz CT molecular complexity index is 902. The first-order valence-electron chi connectivity index (χ1n) is 10.1. The van der Waals surface area contributed by atoms with E-state index in [2.05, 4.69) is 39.0 Å². The van der Waals surface area contributed by atoms with E-state index in [1.807, 2.05) is 12.5 Å². The molecular weight excluding hydrogens is 372 g/mol. The number of benzene rings is 1. The molecule has 5 aliphatic heterocycles. The van der Waals surface area contributed by atoms with Gasteiger partial charge >= 0.3 is 0 Å². The van der Waals surface area contributed by atoms with Crippen LogP contribution >= 0.6 is 11.8 Å². The van der Waals surface area contributed by atoms with E-state index in [0.717, 1.165) is 34.9 Å². The molecule has 1 aromatic carbocycles. The van der Waals surface area contributed by atoms with Gasteiger partial charge in [-0.25, -0.2) is 9.97 Å². The molecule has 3 atom stereocenters. The Morgan fingerprint density at radius 3 is 2.79 bits per heavy atom. The molecule has 7 heteroatoms. The summed E-state index contributed by atoms with van der Waals surface area (Å²) in [6.45, 7) is 3.77. The summed E-state index contributed by atoms with van der Waals surface area (Å²) in [7, 11) is 0. The Morgan fingerprint density at radius 1 is 1.07 bits per heavy atom. The van der Waals surface area contributed by atoms with Crippen LogP contribution in [0.5, 0.6) is 11.5 Å². The standard InChI is InChI=1S/C21H24N4O2S/c1-28-21-22-7-4-18(23-21)25-11-15(14-2-3-16-17(10-14)27-12-26-16)20-19(25)13-5-8-24(20)9-6-13/h2-4,7,10,13,15,19-20H,5-6,8-9,11-12H2,1H3/t15-,19+,20+/m1/s1. The highest BCUT2D eigenvalue weighted by Gasteiger charge is 2.53. The second kappa shape index (κ2) is 6.52. The monoisotopic (exact) mass is 396 g/mol. The summed E-state index contributed by atoms with van der Waals surface area (Å²) in [6.07, 6.45) is 6.53. The number of ether oxygens (including phenoxy) is 2. The molecule has 6 heterocycles. The highest BCUT2D eigenvalue weighted by atomic mass is 32.2. The lowest BCUT2D eigenvalue weighted by molar-refractivity contribution is 0.0354. The molecule has 5 aliphatic rings. The van der Waals surface area contributed by atoms with E-state index in [9.17, 15) is 0 Å². The smallest absolute Gasteiger partial charge is 0.231 e. The van der Waals surface area contributed by atoms with Gasteiger partial charge < -0.3 is 14.4 Å². The minimum atomic E-state index is 0.328. The zero-order valence-corrected chi connectivity index (χ0v) is 16.8. The average molecular weight is 397 g/mol. The van der Waals surface area contributed by atoms with Gasteiger partial charge in [0, 0.05) is 30.7 Å². The molecule has 28 heavy (non-hydrogen) atoms. The molecule has 2 bridgehead atoms. The van der Waals surface area contributed by atoms with Gasteiger partial charge in [-0.1, -0.05) is 17.8 Å². The van der Waals surface area contributed by atoms with E-state index in [1.54, 1.807) is 11.8 Å². The summed E-state index contributed by atoms with van der Waals surface area (Å²) in [6, 6.07) is 9.65. The Labute approximate surface area is 169 Å². The second-order valence-electron chi connectivity index (χ2n) is 8.13. The molecule has 0 unspecified atom stereocenters. The number of anilines is 1. The van der Waals surface area contributed by atoms with Crippen LogP contribution in [0.4, 0.5) is 5.82 Å². The maximum Gasteiger partial charge on any atom is 0.231 e. The van der Waals surface area contributed by atoms with Gasteiger partial charge in [0.25, 0.3) is 0 Å². The third-order valence-corrected chi connectivity index (χ3v) is 7.48. The van der Waals surface area contributed by atoms with E-state index in [0.29, 0.717) is 24.8 Å². The molecule has 6 nitrogen and oxygen atoms in total. The Balaban J connectivity index is 1.41. The van der Waals surface area contributed by atoms with E-state index in [1.165, 1.54) is 31.5 Å². The molecule has 0 N–H and O–H groups in total. The molecule has 4 saturated heterocycles. The Morgan fingerprint density at radius 2 is 1.93 bits per heavy atom. The van der Waals surface area contributed by atoms with Crippen molar-refractivity contribution in [2.24, 2.45) is 5.92 Å². The van der Waals surface area contributed by atoms with Crippen LogP contribution in [-0.4, -0.2) is 59.6 Å². The van der Waals surface area contributed by atoms with Crippen molar-refractivity contribution >= 4 is 17.6 Å². The first kappa shape index (κ1) is 16.9. The molecule has 0 radical (unpaired) electrons. The maximum absolute atomic E-state index is 5.67. The van der Waals surface area contributed by atoms with Gasteiger partial charge in [0.05, 0.1) is 0 Å². The van der Waals surface area contributed by atoms with Gasteiger partial charge in [0.1, 0.15) is 5.82 Å². The fourth-order valence-electron chi connectivity index (χ4n) is 5.71. The lowest BCUT2D eigenvalue weighted by atomic mass is 9.75. The number of thioether (sulfide) groups is 1. The summed E-state index contributed by atoms with van der Waals surface area (Å²) < 4.78 is 11.2. The number of piperidine rings is 3. The number of nitrogens with zero attached hydrogens (tertiary/aromatic N) is 4. The van der Waals surface area contributed by atoms with Crippen molar-refractivity contribution in [2.75, 3.05) is 37.6 Å². The van der Waals surface area contributed by atoms with Crippen LogP contribution in [0, 0.1) is 5.92 Å². The normalized spacial score (nSPS) is 32.6. The zero-order chi connectivity index (χ0) is 18.7. The summed E-state index contributed by atoms with van der Waals surface area (Å²) in [4.78, 5) is 14.5. The lowest BCUT2D eigenvalue weighted by Gasteiger charge is -2.51. The molecular formula is C21H24N4O2S. The van der Waals surface area contributed by atoms with Crippen molar-refractivity contribution in [2.45, 2.75) is 36.0 Å². The van der Waals surface area contributed by atoms with Crippen LogP contribution in [0.3, 0.4) is 0 Å². The predicted molar refractivity (Wildman–Crippen MR) is 108 cm³/mol. The Kier molecular flexibility index (Phi) is 3.94. The first-order valence-corrected chi connectivity index (χ1v) is 11.3. The third-order valence-electron chi connectivity index (χ3n) is 6.91. The predicted octanol–water partition coefficient (Wildman–Crippen LogP) is 2.99. The fraction of sp³-hybridized carbons (Fsp3) is 0.524. The van der Waals surface area contributed by atoms with E-state index in [-0.39, 0.29) is 0 Å². The van der Waals surface area contributed by atoms with Gasteiger partial charge in [-0.3, -0.25) is 4.90 Å². The largest absolute Gasteiger partial charge is 0.454 e. The van der Waals surface area contributed by atoms with Gasteiger partial charge in [-0.2, -0.15) is 0 Å². The molecule has 0 saturated carbocycles. The SMILES string of the molecule is CSc1nccc(N2C[C@H](c3ccc4c(c3)OCO4)[C@H]3[C@@H]2C2CCN3CC2)n1. The van der Waals surface area contributed by atoms with Gasteiger partial charge in [-0.15, -0.1) is 0 Å². The van der Waals surface area contributed by atoms with Crippen LogP contribution in [0.2, 0.25) is 0 Å². The lowest BCUT2D eigenvalue weighted by Crippen LogP contribution is -2.60. The molecule has 7 rings (SSSR count). The number of hydrogen-bond acceptors (Lipinski definition) is 7. The van der Waals surface area contributed by atoms with Crippen molar-refractivity contribution in [3.63, 3.8) is 0 Å². The summed E-state index contributed by atoms with van der Waals surface area (Å²) in [5.74, 6) is 4.03. The highest BCUT2D eigenvalue weighted by Crippen LogP contribution is 2.48. The van der Waals surface area contributed by atoms with Crippen molar-refractivity contribution in [3.8, 4) is 11.5 Å². The van der Waals surface area contributed by atoms with E-state index >= 15 is 0 Å². The van der Waals surface area contributed by atoms with Crippen molar-refractivity contribution in [1.82, 2.24) is 14.9 Å². The quantitative estimate of drug-likeness (QED) is 0.584. The fourth-order valence-corrected chi connectivity index (χ4v) is 6.06. The first-order chi connectivity index (χ1) is 13.8. The number of rotatable bonds is 3. The molecule has 0 amide bonds. The van der Waals surface area contributed by atoms with E-state index in [4.69, 9.17) is 14.5 Å². The van der Waals surface area contributed by atoms with Gasteiger partial charge in [0.2, 0.25) is 6.79 Å². The van der Waals surface area contributed by atoms with Crippen LogP contribution < -0.4 is 14.4 Å². The number of hydrogen-bond donors (Lipinski definition) is 0. The summed E-state index contributed by atoms with van der Waals surface area (Å²) >= 11 is 1.61. The molecule has 1 aromatic heterocycles. The minimum Gasteiger partial charge on any atom is -0.454 e. The summed E-state index contributed by atoms with van der Waals surface area (Å²) in [5.41, 5.74) is 1.36. The minimum absolute atomic E-state index is 0.328. The topological polar surface area (TPSA) is 50.7 Å². The number of aromatic nitrogens is 2. The van der Waals surface area contributed by atoms with Gasteiger partial charge in [-0.05, 0) is 61.9 Å². The van der Waals surface area contributed by atoms with Crippen molar-refractivity contribution in [1.29, 1.82) is 0 Å². The summed E-state index contributed by atoms with van der Waals surface area (Å²) in [5, 5.41) is 0.849. The van der Waals surface area contributed by atoms with Crippen LogP contribution in [-0.2, 0) is 0 Å².